The number of fused-ring (bicyclic) bond motifs is 1. The van der Waals surface area contributed by atoms with Crippen molar-refractivity contribution in [3.63, 3.8) is 0 Å². The average Bonchev–Trinajstić information content (AvgIpc) is 2.70. The summed E-state index contributed by atoms with van der Waals surface area (Å²) < 4.78 is 5.29. The maximum atomic E-state index is 12.0. The second-order valence-electron chi connectivity index (χ2n) is 6.27. The molecule has 2 rings (SSSR count). The van der Waals surface area contributed by atoms with Gasteiger partial charge in [0.15, 0.2) is 0 Å². The Kier molecular flexibility index (Phi) is 3.25. The van der Waals surface area contributed by atoms with E-state index in [2.05, 4.69) is 0 Å². The number of carboxylic acids is 1. The monoisotopic (exact) mass is 255 g/mol. The van der Waals surface area contributed by atoms with Crippen LogP contribution in [0.5, 0.6) is 0 Å². The molecule has 0 bridgehead atoms. The molecule has 1 saturated heterocycles. The van der Waals surface area contributed by atoms with Gasteiger partial charge in [-0.05, 0) is 45.4 Å². The standard InChI is InChI=1S/C13H21NO4/c1-13(2,3)18-12(17)14-7-8-5-4-6-9(8)10(14)11(15)16/h8-10H,4-7H2,1-3H3,(H,15,16)/t8-,9-,10?/m0/s1. The molecule has 2 aliphatic rings. The van der Waals surface area contributed by atoms with Gasteiger partial charge in [-0.3, -0.25) is 4.90 Å². The third-order valence-electron chi connectivity index (χ3n) is 3.77. The summed E-state index contributed by atoms with van der Waals surface area (Å²) in [5, 5.41) is 9.33. The smallest absolute Gasteiger partial charge is 0.411 e. The predicted molar refractivity (Wildman–Crippen MR) is 65.2 cm³/mol. The van der Waals surface area contributed by atoms with Gasteiger partial charge in [0.25, 0.3) is 0 Å². The fraction of sp³-hybridized carbons (Fsp3) is 0.846. The molecule has 1 saturated carbocycles. The highest BCUT2D eigenvalue weighted by molar-refractivity contribution is 5.81. The number of aliphatic carboxylic acids is 1. The van der Waals surface area contributed by atoms with Gasteiger partial charge in [-0.15, -0.1) is 0 Å². The van der Waals surface area contributed by atoms with E-state index < -0.39 is 23.7 Å². The number of likely N-dealkylation sites (tertiary alicyclic amines) is 1. The molecular formula is C13H21NO4. The Balaban J connectivity index is 2.12. The molecule has 102 valence electrons. The minimum atomic E-state index is -0.907. The maximum absolute atomic E-state index is 12.0. The van der Waals surface area contributed by atoms with Crippen molar-refractivity contribution in [2.75, 3.05) is 6.54 Å². The van der Waals surface area contributed by atoms with Crippen LogP contribution in [-0.2, 0) is 9.53 Å². The summed E-state index contributed by atoms with van der Waals surface area (Å²) in [4.78, 5) is 24.8. The lowest BCUT2D eigenvalue weighted by atomic mass is 9.94. The topological polar surface area (TPSA) is 66.8 Å². The van der Waals surface area contributed by atoms with Crippen LogP contribution in [0.3, 0.4) is 0 Å². The van der Waals surface area contributed by atoms with Crippen molar-refractivity contribution in [3.8, 4) is 0 Å². The number of carbonyl (C=O) groups excluding carboxylic acids is 1. The molecule has 5 heteroatoms. The lowest BCUT2D eigenvalue weighted by molar-refractivity contribution is -0.143. The predicted octanol–water partition coefficient (Wildman–Crippen LogP) is 2.11. The van der Waals surface area contributed by atoms with Gasteiger partial charge in [0.2, 0.25) is 0 Å². The molecule has 0 radical (unpaired) electrons. The molecule has 2 fully saturated rings. The second-order valence-corrected chi connectivity index (χ2v) is 6.27. The molecular weight excluding hydrogens is 234 g/mol. The van der Waals surface area contributed by atoms with Gasteiger partial charge in [-0.25, -0.2) is 9.59 Å². The lowest BCUT2D eigenvalue weighted by Gasteiger charge is -2.28. The van der Waals surface area contributed by atoms with E-state index in [0.717, 1.165) is 19.3 Å². The van der Waals surface area contributed by atoms with E-state index in [-0.39, 0.29) is 5.92 Å². The van der Waals surface area contributed by atoms with Crippen LogP contribution in [0, 0.1) is 11.8 Å². The highest BCUT2D eigenvalue weighted by Crippen LogP contribution is 2.42. The molecule has 1 amide bonds. The van der Waals surface area contributed by atoms with Crippen molar-refractivity contribution in [1.29, 1.82) is 0 Å². The number of nitrogens with zero attached hydrogens (tertiary/aromatic N) is 1. The Labute approximate surface area is 107 Å². The van der Waals surface area contributed by atoms with Crippen LogP contribution in [-0.4, -0.2) is 40.3 Å². The Morgan fingerprint density at radius 2 is 1.94 bits per heavy atom. The van der Waals surface area contributed by atoms with E-state index in [9.17, 15) is 14.7 Å². The molecule has 0 aromatic rings. The molecule has 1 aliphatic carbocycles. The van der Waals surface area contributed by atoms with Crippen LogP contribution in [0.4, 0.5) is 4.79 Å². The largest absolute Gasteiger partial charge is 0.480 e. The first-order valence-corrected chi connectivity index (χ1v) is 6.52. The molecule has 0 aromatic heterocycles. The zero-order chi connectivity index (χ0) is 13.5. The summed E-state index contributed by atoms with van der Waals surface area (Å²) >= 11 is 0. The number of carboxylic acid groups (broad SMARTS) is 1. The average molecular weight is 255 g/mol. The molecule has 0 aromatic carbocycles. The van der Waals surface area contributed by atoms with E-state index in [4.69, 9.17) is 4.74 Å². The minimum Gasteiger partial charge on any atom is -0.480 e. The summed E-state index contributed by atoms with van der Waals surface area (Å²) in [7, 11) is 0. The van der Waals surface area contributed by atoms with Gasteiger partial charge in [-0.2, -0.15) is 0 Å². The fourth-order valence-corrected chi connectivity index (χ4v) is 3.13. The third-order valence-corrected chi connectivity index (χ3v) is 3.77. The van der Waals surface area contributed by atoms with E-state index in [0.29, 0.717) is 12.5 Å². The molecule has 18 heavy (non-hydrogen) atoms. The Morgan fingerprint density at radius 3 is 2.50 bits per heavy atom. The molecule has 3 atom stereocenters. The van der Waals surface area contributed by atoms with Gasteiger partial charge >= 0.3 is 12.1 Å². The summed E-state index contributed by atoms with van der Waals surface area (Å²) in [6, 6.07) is -0.702. The van der Waals surface area contributed by atoms with Gasteiger partial charge in [0.05, 0.1) is 0 Å². The van der Waals surface area contributed by atoms with Crippen molar-refractivity contribution in [3.05, 3.63) is 0 Å². The van der Waals surface area contributed by atoms with E-state index in [1.54, 1.807) is 20.8 Å². The zero-order valence-corrected chi connectivity index (χ0v) is 11.2. The molecule has 1 N–H and O–H groups in total. The van der Waals surface area contributed by atoms with Crippen LogP contribution >= 0.6 is 0 Å². The summed E-state index contributed by atoms with van der Waals surface area (Å²) in [5.41, 5.74) is -0.585. The first-order chi connectivity index (χ1) is 8.29. The summed E-state index contributed by atoms with van der Waals surface area (Å²) in [6.07, 6.45) is 2.50. The summed E-state index contributed by atoms with van der Waals surface area (Å²) in [6.45, 7) is 5.89. The second kappa shape index (κ2) is 4.44. The Bertz CT molecular complexity index is 360. The van der Waals surface area contributed by atoms with E-state index in [1.165, 1.54) is 4.90 Å². The van der Waals surface area contributed by atoms with Gasteiger partial charge in [-0.1, -0.05) is 6.42 Å². The third kappa shape index (κ3) is 2.44. The van der Waals surface area contributed by atoms with Crippen molar-refractivity contribution >= 4 is 12.1 Å². The maximum Gasteiger partial charge on any atom is 0.411 e. The Morgan fingerprint density at radius 1 is 1.28 bits per heavy atom. The zero-order valence-electron chi connectivity index (χ0n) is 11.2. The number of carbonyl (C=O) groups is 2. The molecule has 1 unspecified atom stereocenters. The number of amides is 1. The Hall–Kier alpha value is -1.26. The fourth-order valence-electron chi connectivity index (χ4n) is 3.13. The van der Waals surface area contributed by atoms with Crippen LogP contribution in [0.15, 0.2) is 0 Å². The van der Waals surface area contributed by atoms with Gasteiger partial charge in [0, 0.05) is 6.54 Å². The van der Waals surface area contributed by atoms with Crippen molar-refractivity contribution in [2.45, 2.75) is 51.7 Å². The number of hydrogen-bond donors (Lipinski definition) is 1. The van der Waals surface area contributed by atoms with Gasteiger partial charge in [0.1, 0.15) is 11.6 Å². The first kappa shape index (κ1) is 13.2. The van der Waals surface area contributed by atoms with E-state index in [1.807, 2.05) is 0 Å². The van der Waals surface area contributed by atoms with Crippen LogP contribution in [0.2, 0.25) is 0 Å². The van der Waals surface area contributed by atoms with Gasteiger partial charge < -0.3 is 9.84 Å². The van der Waals surface area contributed by atoms with E-state index >= 15 is 0 Å². The molecule has 1 heterocycles. The van der Waals surface area contributed by atoms with Crippen molar-refractivity contribution in [1.82, 2.24) is 4.90 Å². The quantitative estimate of drug-likeness (QED) is 0.779. The first-order valence-electron chi connectivity index (χ1n) is 6.52. The molecule has 5 nitrogen and oxygen atoms in total. The normalized spacial score (nSPS) is 31.3. The highest BCUT2D eigenvalue weighted by Gasteiger charge is 2.50. The minimum absolute atomic E-state index is 0.106. The van der Waals surface area contributed by atoms with Crippen molar-refractivity contribution < 1.29 is 19.4 Å². The highest BCUT2D eigenvalue weighted by atomic mass is 16.6. The molecule has 1 aliphatic heterocycles. The number of rotatable bonds is 1. The van der Waals surface area contributed by atoms with Crippen molar-refractivity contribution in [2.24, 2.45) is 11.8 Å². The lowest BCUT2D eigenvalue weighted by Crippen LogP contribution is -2.45. The number of ether oxygens (including phenoxy) is 1. The summed E-state index contributed by atoms with van der Waals surface area (Å²) in [5.74, 6) is -0.469. The number of hydrogen-bond acceptors (Lipinski definition) is 3. The van der Waals surface area contributed by atoms with Crippen LogP contribution in [0.1, 0.15) is 40.0 Å². The van der Waals surface area contributed by atoms with Crippen LogP contribution in [0.25, 0.3) is 0 Å². The molecule has 0 spiro atoms. The van der Waals surface area contributed by atoms with Crippen LogP contribution < -0.4 is 0 Å². The SMILES string of the molecule is CC(C)(C)OC(=O)N1C[C@@H]2CCC[C@@H]2C1C(=O)O.